The zero-order valence-corrected chi connectivity index (χ0v) is 16.6. The molecule has 0 saturated carbocycles. The van der Waals surface area contributed by atoms with Crippen molar-refractivity contribution in [3.63, 3.8) is 0 Å². The van der Waals surface area contributed by atoms with Gasteiger partial charge in [0.1, 0.15) is 28.7 Å². The maximum Gasteiger partial charge on any atom is 0.573 e. The van der Waals surface area contributed by atoms with E-state index in [0.29, 0.717) is 11.4 Å². The van der Waals surface area contributed by atoms with Gasteiger partial charge in [0.2, 0.25) is 0 Å². The van der Waals surface area contributed by atoms with E-state index in [4.69, 9.17) is 4.74 Å². The van der Waals surface area contributed by atoms with E-state index < -0.39 is 29.7 Å². The Morgan fingerprint density at radius 2 is 1.58 bits per heavy atom. The molecule has 0 atom stereocenters. The second kappa shape index (κ2) is 8.15. The van der Waals surface area contributed by atoms with Crippen LogP contribution in [0, 0.1) is 0 Å². The Kier molecular flexibility index (Phi) is 5.47. The third-order valence-electron chi connectivity index (χ3n) is 4.32. The molecule has 13 heteroatoms. The SMILES string of the molecule is COc1ccc2nc(C(F)(F)F)c(-c3nccc(Nc4ccc(OC(F)(F)F)cc4)n3)n2c1. The van der Waals surface area contributed by atoms with E-state index in [9.17, 15) is 26.3 Å². The number of anilines is 2. The smallest absolute Gasteiger partial charge is 0.495 e. The van der Waals surface area contributed by atoms with Gasteiger partial charge in [-0.3, -0.25) is 4.40 Å². The molecule has 1 N–H and O–H groups in total. The summed E-state index contributed by atoms with van der Waals surface area (Å²) < 4.78 is 88.0. The van der Waals surface area contributed by atoms with Gasteiger partial charge in [0.05, 0.1) is 13.3 Å². The lowest BCUT2D eigenvalue weighted by Crippen LogP contribution is -2.16. The van der Waals surface area contributed by atoms with Gasteiger partial charge < -0.3 is 14.8 Å². The quantitative estimate of drug-likeness (QED) is 0.392. The highest BCUT2D eigenvalue weighted by Gasteiger charge is 2.39. The molecule has 3 heterocycles. The van der Waals surface area contributed by atoms with Crippen molar-refractivity contribution in [2.75, 3.05) is 12.4 Å². The summed E-state index contributed by atoms with van der Waals surface area (Å²) in [5.41, 5.74) is -1.24. The summed E-state index contributed by atoms with van der Waals surface area (Å²) in [6, 6.07) is 8.97. The first-order valence-corrected chi connectivity index (χ1v) is 9.13. The number of nitrogens with zero attached hydrogens (tertiary/aromatic N) is 4. The number of rotatable bonds is 5. The van der Waals surface area contributed by atoms with Gasteiger partial charge in [-0.25, -0.2) is 15.0 Å². The van der Waals surface area contributed by atoms with Gasteiger partial charge in [-0.2, -0.15) is 13.2 Å². The molecule has 172 valence electrons. The van der Waals surface area contributed by atoms with Gasteiger partial charge in [0.25, 0.3) is 0 Å². The van der Waals surface area contributed by atoms with Gasteiger partial charge in [-0.1, -0.05) is 0 Å². The lowest BCUT2D eigenvalue weighted by Gasteiger charge is -2.11. The Hall–Kier alpha value is -4.03. The number of hydrogen-bond acceptors (Lipinski definition) is 6. The summed E-state index contributed by atoms with van der Waals surface area (Å²) in [4.78, 5) is 11.8. The van der Waals surface area contributed by atoms with Gasteiger partial charge in [0, 0.05) is 11.9 Å². The Labute approximate surface area is 181 Å². The maximum absolute atomic E-state index is 13.7. The van der Waals surface area contributed by atoms with Crippen LogP contribution < -0.4 is 14.8 Å². The van der Waals surface area contributed by atoms with Crippen LogP contribution in [-0.4, -0.2) is 32.8 Å². The minimum absolute atomic E-state index is 0.0142. The summed E-state index contributed by atoms with van der Waals surface area (Å²) in [5, 5.41) is 2.80. The molecule has 4 aromatic rings. The standard InChI is InChI=1S/C20H13F6N5O2/c1-32-13-6-7-15-30-17(19(21,22)23)16(31(15)10-13)18-27-9-8-14(29-18)28-11-2-4-12(5-3-11)33-20(24,25)26/h2-10H,1H3,(H,27,28,29). The predicted octanol–water partition coefficient (Wildman–Crippen LogP) is 5.46. The minimum Gasteiger partial charge on any atom is -0.495 e. The average molecular weight is 469 g/mol. The summed E-state index contributed by atoms with van der Waals surface area (Å²) >= 11 is 0. The number of alkyl halides is 6. The van der Waals surface area contributed by atoms with Crippen molar-refractivity contribution < 1.29 is 35.8 Å². The molecule has 0 aliphatic heterocycles. The highest BCUT2D eigenvalue weighted by molar-refractivity contribution is 5.65. The van der Waals surface area contributed by atoms with Crippen molar-refractivity contribution in [2.24, 2.45) is 0 Å². The largest absolute Gasteiger partial charge is 0.573 e. The Morgan fingerprint density at radius 3 is 2.21 bits per heavy atom. The minimum atomic E-state index is -4.83. The van der Waals surface area contributed by atoms with E-state index in [1.165, 1.54) is 54.2 Å². The van der Waals surface area contributed by atoms with Crippen molar-refractivity contribution in [2.45, 2.75) is 12.5 Å². The molecule has 3 aromatic heterocycles. The predicted molar refractivity (Wildman–Crippen MR) is 104 cm³/mol. The molecule has 0 aliphatic rings. The molecule has 0 bridgehead atoms. The van der Waals surface area contributed by atoms with Crippen molar-refractivity contribution >= 4 is 17.2 Å². The van der Waals surface area contributed by atoms with Crippen LogP contribution in [0.15, 0.2) is 54.9 Å². The van der Waals surface area contributed by atoms with E-state index >= 15 is 0 Å². The first-order valence-electron chi connectivity index (χ1n) is 9.13. The summed E-state index contributed by atoms with van der Waals surface area (Å²) in [6.45, 7) is 0. The van der Waals surface area contributed by atoms with Crippen LogP contribution in [0.5, 0.6) is 11.5 Å². The Morgan fingerprint density at radius 1 is 0.879 bits per heavy atom. The second-order valence-corrected chi connectivity index (χ2v) is 6.57. The third-order valence-corrected chi connectivity index (χ3v) is 4.32. The number of pyridine rings is 1. The molecular weight excluding hydrogens is 456 g/mol. The molecule has 1 aromatic carbocycles. The lowest BCUT2D eigenvalue weighted by molar-refractivity contribution is -0.274. The number of halogens is 6. The molecule has 0 fully saturated rings. The average Bonchev–Trinajstić information content (AvgIpc) is 3.13. The van der Waals surface area contributed by atoms with E-state index in [1.807, 2.05) is 0 Å². The topological polar surface area (TPSA) is 73.6 Å². The molecule has 7 nitrogen and oxygen atoms in total. The van der Waals surface area contributed by atoms with E-state index in [0.717, 1.165) is 12.1 Å². The zero-order chi connectivity index (χ0) is 23.8. The Balaban J connectivity index is 1.71. The molecule has 33 heavy (non-hydrogen) atoms. The van der Waals surface area contributed by atoms with Crippen molar-refractivity contribution in [3.8, 4) is 23.0 Å². The molecule has 0 unspecified atom stereocenters. The maximum atomic E-state index is 13.7. The van der Waals surface area contributed by atoms with Crippen LogP contribution in [0.2, 0.25) is 0 Å². The van der Waals surface area contributed by atoms with Crippen LogP contribution in [0.4, 0.5) is 37.8 Å². The molecular formula is C20H13F6N5O2. The molecule has 0 radical (unpaired) electrons. The third kappa shape index (κ3) is 4.91. The number of benzene rings is 1. The molecule has 0 aliphatic carbocycles. The fourth-order valence-corrected chi connectivity index (χ4v) is 2.99. The van der Waals surface area contributed by atoms with Crippen molar-refractivity contribution in [1.29, 1.82) is 0 Å². The number of ether oxygens (including phenoxy) is 2. The summed E-state index contributed by atoms with van der Waals surface area (Å²) in [7, 11) is 1.37. The first kappa shape index (κ1) is 22.2. The van der Waals surface area contributed by atoms with Gasteiger partial charge in [0.15, 0.2) is 11.5 Å². The molecule has 0 spiro atoms. The summed E-state index contributed by atoms with van der Waals surface area (Å²) in [5.74, 6) is -0.295. The first-order chi connectivity index (χ1) is 15.5. The van der Waals surface area contributed by atoms with Crippen LogP contribution in [0.3, 0.4) is 0 Å². The van der Waals surface area contributed by atoms with Gasteiger partial charge in [-0.15, -0.1) is 13.2 Å². The summed E-state index contributed by atoms with van der Waals surface area (Å²) in [6.07, 6.45) is -7.04. The molecule has 4 rings (SSSR count). The Bertz CT molecular complexity index is 1290. The number of imidazole rings is 1. The van der Waals surface area contributed by atoms with E-state index in [2.05, 4.69) is 25.0 Å². The highest BCUT2D eigenvalue weighted by Crippen LogP contribution is 2.37. The van der Waals surface area contributed by atoms with Crippen LogP contribution in [0.25, 0.3) is 17.2 Å². The fraction of sp³-hybridized carbons (Fsp3) is 0.150. The normalized spacial score (nSPS) is 12.1. The number of aromatic nitrogens is 4. The van der Waals surface area contributed by atoms with Crippen molar-refractivity contribution in [1.82, 2.24) is 19.4 Å². The van der Waals surface area contributed by atoms with Crippen LogP contribution in [-0.2, 0) is 6.18 Å². The van der Waals surface area contributed by atoms with E-state index in [1.54, 1.807) is 0 Å². The van der Waals surface area contributed by atoms with Gasteiger partial charge in [-0.05, 0) is 42.5 Å². The number of fused-ring (bicyclic) bond motifs is 1. The second-order valence-electron chi connectivity index (χ2n) is 6.57. The highest BCUT2D eigenvalue weighted by atomic mass is 19.4. The van der Waals surface area contributed by atoms with E-state index in [-0.39, 0.29) is 17.3 Å². The molecule has 0 amide bonds. The monoisotopic (exact) mass is 469 g/mol. The van der Waals surface area contributed by atoms with Crippen molar-refractivity contribution in [3.05, 3.63) is 60.6 Å². The van der Waals surface area contributed by atoms with Crippen LogP contribution >= 0.6 is 0 Å². The zero-order valence-electron chi connectivity index (χ0n) is 16.6. The number of nitrogens with one attached hydrogen (secondary N) is 1. The van der Waals surface area contributed by atoms with Gasteiger partial charge >= 0.3 is 12.5 Å². The molecule has 0 saturated heterocycles. The number of hydrogen-bond donors (Lipinski definition) is 1. The number of methoxy groups -OCH3 is 1. The van der Waals surface area contributed by atoms with Crippen LogP contribution in [0.1, 0.15) is 5.69 Å². The fourth-order valence-electron chi connectivity index (χ4n) is 2.99. The lowest BCUT2D eigenvalue weighted by atomic mass is 10.2.